The Balaban J connectivity index is 1.70. The third-order valence-electron chi connectivity index (χ3n) is 4.03. The Bertz CT molecular complexity index is 985. The Kier molecular flexibility index (Phi) is 5.43. The quantitative estimate of drug-likeness (QED) is 0.470. The number of rotatable bonds is 7. The SMILES string of the molecule is Cc1occc1C(=O)C(C#N)C(=O)c1ccc(OCc2ccccc2)nc1. The van der Waals surface area contributed by atoms with Crippen LogP contribution in [0.25, 0.3) is 0 Å². The van der Waals surface area contributed by atoms with E-state index < -0.39 is 17.5 Å². The normalized spacial score (nSPS) is 11.4. The Morgan fingerprint density at radius 1 is 1.15 bits per heavy atom. The molecule has 2 aromatic heterocycles. The zero-order valence-electron chi connectivity index (χ0n) is 14.6. The average Bonchev–Trinajstić information content (AvgIpc) is 3.14. The summed E-state index contributed by atoms with van der Waals surface area (Å²) in [5.74, 6) is -1.92. The molecule has 0 radical (unpaired) electrons. The predicted molar refractivity (Wildman–Crippen MR) is 96.2 cm³/mol. The van der Waals surface area contributed by atoms with Gasteiger partial charge in [-0.1, -0.05) is 30.3 Å². The fourth-order valence-electron chi connectivity index (χ4n) is 2.54. The van der Waals surface area contributed by atoms with Gasteiger partial charge in [0.15, 0.2) is 17.5 Å². The molecule has 27 heavy (non-hydrogen) atoms. The second kappa shape index (κ2) is 8.11. The Hall–Kier alpha value is -3.72. The molecule has 3 aromatic rings. The Morgan fingerprint density at radius 2 is 1.93 bits per heavy atom. The van der Waals surface area contributed by atoms with Gasteiger partial charge < -0.3 is 9.15 Å². The molecular weight excluding hydrogens is 344 g/mol. The first-order valence-electron chi connectivity index (χ1n) is 8.25. The molecule has 0 bridgehead atoms. The number of nitrogens with zero attached hydrogens (tertiary/aromatic N) is 2. The third-order valence-corrected chi connectivity index (χ3v) is 4.03. The summed E-state index contributed by atoms with van der Waals surface area (Å²) in [6.07, 6.45) is 2.66. The first kappa shape index (κ1) is 18.1. The van der Waals surface area contributed by atoms with Crippen molar-refractivity contribution in [3.05, 3.63) is 83.4 Å². The molecular formula is C21H16N2O4. The predicted octanol–water partition coefficient (Wildman–Crippen LogP) is 3.77. The van der Waals surface area contributed by atoms with Crippen LogP contribution in [0.2, 0.25) is 0 Å². The van der Waals surface area contributed by atoms with Crippen molar-refractivity contribution < 1.29 is 18.7 Å². The molecule has 134 valence electrons. The van der Waals surface area contributed by atoms with Crippen molar-refractivity contribution in [2.24, 2.45) is 5.92 Å². The number of aromatic nitrogens is 1. The number of benzene rings is 1. The number of carbonyl (C=O) groups excluding carboxylic acids is 2. The zero-order chi connectivity index (χ0) is 19.2. The molecule has 6 nitrogen and oxygen atoms in total. The summed E-state index contributed by atoms with van der Waals surface area (Å²) >= 11 is 0. The minimum atomic E-state index is -1.45. The van der Waals surface area contributed by atoms with Crippen LogP contribution in [0, 0.1) is 24.2 Å². The van der Waals surface area contributed by atoms with E-state index in [2.05, 4.69) is 4.98 Å². The van der Waals surface area contributed by atoms with Gasteiger partial charge >= 0.3 is 0 Å². The molecule has 0 saturated heterocycles. The molecule has 6 heteroatoms. The fourth-order valence-corrected chi connectivity index (χ4v) is 2.54. The molecule has 1 atom stereocenters. The van der Waals surface area contributed by atoms with Gasteiger partial charge in [0.25, 0.3) is 0 Å². The smallest absolute Gasteiger partial charge is 0.213 e. The van der Waals surface area contributed by atoms with Gasteiger partial charge in [-0.2, -0.15) is 5.26 Å². The van der Waals surface area contributed by atoms with Gasteiger partial charge in [0.2, 0.25) is 5.88 Å². The van der Waals surface area contributed by atoms with Gasteiger partial charge in [-0.15, -0.1) is 0 Å². The number of nitriles is 1. The molecule has 0 amide bonds. The Morgan fingerprint density at radius 3 is 2.52 bits per heavy atom. The number of ether oxygens (including phenoxy) is 1. The molecule has 0 aliphatic rings. The molecule has 0 fully saturated rings. The molecule has 0 N–H and O–H groups in total. The highest BCUT2D eigenvalue weighted by molar-refractivity contribution is 6.18. The van der Waals surface area contributed by atoms with Crippen LogP contribution in [0.4, 0.5) is 0 Å². The maximum Gasteiger partial charge on any atom is 0.213 e. The fraction of sp³-hybridized carbons (Fsp3) is 0.143. The maximum atomic E-state index is 12.6. The number of furan rings is 1. The highest BCUT2D eigenvalue weighted by Gasteiger charge is 2.30. The number of Topliss-reactive ketones (excluding diaryl/α,β-unsaturated/α-hetero) is 2. The van der Waals surface area contributed by atoms with Gasteiger partial charge in [-0.3, -0.25) is 9.59 Å². The topological polar surface area (TPSA) is 93.2 Å². The van der Waals surface area contributed by atoms with Crippen molar-refractivity contribution in [1.82, 2.24) is 4.98 Å². The summed E-state index contributed by atoms with van der Waals surface area (Å²) in [7, 11) is 0. The summed E-state index contributed by atoms with van der Waals surface area (Å²) < 4.78 is 10.6. The van der Waals surface area contributed by atoms with Crippen LogP contribution in [0.1, 0.15) is 32.0 Å². The van der Waals surface area contributed by atoms with Crippen molar-refractivity contribution in [3.8, 4) is 11.9 Å². The molecule has 0 saturated carbocycles. The van der Waals surface area contributed by atoms with E-state index in [-0.39, 0.29) is 11.1 Å². The van der Waals surface area contributed by atoms with Crippen molar-refractivity contribution in [2.75, 3.05) is 0 Å². The van der Waals surface area contributed by atoms with Crippen molar-refractivity contribution >= 4 is 11.6 Å². The molecule has 0 aliphatic carbocycles. The molecule has 3 rings (SSSR count). The van der Waals surface area contributed by atoms with E-state index in [4.69, 9.17) is 9.15 Å². The average molecular weight is 360 g/mol. The number of hydrogen-bond donors (Lipinski definition) is 0. The lowest BCUT2D eigenvalue weighted by molar-refractivity contribution is 0.0845. The molecule has 1 aromatic carbocycles. The van der Waals surface area contributed by atoms with Gasteiger partial charge in [-0.05, 0) is 24.6 Å². The van der Waals surface area contributed by atoms with Crippen LogP contribution in [-0.4, -0.2) is 16.6 Å². The molecule has 2 heterocycles. The number of hydrogen-bond acceptors (Lipinski definition) is 6. The molecule has 0 aliphatic heterocycles. The molecule has 1 unspecified atom stereocenters. The summed E-state index contributed by atoms with van der Waals surface area (Å²) in [6, 6.07) is 15.9. The van der Waals surface area contributed by atoms with Crippen molar-refractivity contribution in [2.45, 2.75) is 13.5 Å². The lowest BCUT2D eigenvalue weighted by Gasteiger charge is -2.08. The minimum Gasteiger partial charge on any atom is -0.473 e. The van der Waals surface area contributed by atoms with E-state index in [1.54, 1.807) is 13.0 Å². The summed E-state index contributed by atoms with van der Waals surface area (Å²) in [5.41, 5.74) is 1.39. The van der Waals surface area contributed by atoms with Gasteiger partial charge in [-0.25, -0.2) is 4.98 Å². The van der Waals surface area contributed by atoms with E-state index in [1.165, 1.54) is 30.7 Å². The lowest BCUT2D eigenvalue weighted by atomic mass is 9.92. The standard InChI is InChI=1S/C21H16N2O4/c1-14-17(9-10-26-14)21(25)18(11-22)20(24)16-7-8-19(23-12-16)27-13-15-5-3-2-4-6-15/h2-10,12,18H,13H2,1H3. The van der Waals surface area contributed by atoms with Gasteiger partial charge in [0.05, 0.1) is 17.9 Å². The van der Waals surface area contributed by atoms with Crippen molar-refractivity contribution in [3.63, 3.8) is 0 Å². The van der Waals surface area contributed by atoms with Crippen LogP contribution in [0.5, 0.6) is 5.88 Å². The van der Waals surface area contributed by atoms with E-state index >= 15 is 0 Å². The zero-order valence-corrected chi connectivity index (χ0v) is 14.6. The number of aryl methyl sites for hydroxylation is 1. The van der Waals surface area contributed by atoms with Crippen LogP contribution in [-0.2, 0) is 6.61 Å². The van der Waals surface area contributed by atoms with Gasteiger partial charge in [0, 0.05) is 17.8 Å². The maximum absolute atomic E-state index is 12.6. The van der Waals surface area contributed by atoms with Crippen LogP contribution >= 0.6 is 0 Å². The minimum absolute atomic E-state index is 0.170. The second-order valence-corrected chi connectivity index (χ2v) is 5.84. The second-order valence-electron chi connectivity index (χ2n) is 5.84. The van der Waals surface area contributed by atoms with Gasteiger partial charge in [0.1, 0.15) is 12.4 Å². The highest BCUT2D eigenvalue weighted by Crippen LogP contribution is 2.19. The number of carbonyl (C=O) groups is 2. The number of pyridine rings is 1. The van der Waals surface area contributed by atoms with E-state index in [0.29, 0.717) is 18.2 Å². The lowest BCUT2D eigenvalue weighted by Crippen LogP contribution is -2.23. The van der Waals surface area contributed by atoms with Crippen LogP contribution in [0.3, 0.4) is 0 Å². The first-order chi connectivity index (χ1) is 13.1. The van der Waals surface area contributed by atoms with Crippen molar-refractivity contribution in [1.29, 1.82) is 5.26 Å². The van der Waals surface area contributed by atoms with E-state index in [9.17, 15) is 14.9 Å². The summed E-state index contributed by atoms with van der Waals surface area (Å²) in [4.78, 5) is 29.1. The van der Waals surface area contributed by atoms with Crippen LogP contribution in [0.15, 0.2) is 65.4 Å². The summed E-state index contributed by atoms with van der Waals surface area (Å²) in [6.45, 7) is 1.95. The largest absolute Gasteiger partial charge is 0.473 e. The monoisotopic (exact) mass is 360 g/mol. The third kappa shape index (κ3) is 4.10. The van der Waals surface area contributed by atoms with Crippen LogP contribution < -0.4 is 4.74 Å². The number of ketones is 2. The first-order valence-corrected chi connectivity index (χ1v) is 8.25. The molecule has 0 spiro atoms. The van der Waals surface area contributed by atoms with E-state index in [1.807, 2.05) is 30.3 Å². The Labute approximate surface area is 156 Å². The highest BCUT2D eigenvalue weighted by atomic mass is 16.5. The summed E-state index contributed by atoms with van der Waals surface area (Å²) in [5, 5.41) is 9.32. The van der Waals surface area contributed by atoms with E-state index in [0.717, 1.165) is 5.56 Å².